The highest BCUT2D eigenvalue weighted by atomic mass is 14.9. The molecule has 0 aliphatic rings. The molecule has 0 aliphatic carbocycles. The zero-order chi connectivity index (χ0) is 9.68. The van der Waals surface area contributed by atoms with E-state index in [1.54, 1.807) is 0 Å². The molecule has 1 unspecified atom stereocenters. The molecule has 1 aromatic heterocycles. The van der Waals surface area contributed by atoms with Crippen molar-refractivity contribution < 1.29 is 0 Å². The molecule has 0 saturated heterocycles. The summed E-state index contributed by atoms with van der Waals surface area (Å²) >= 11 is 0. The lowest BCUT2D eigenvalue weighted by Gasteiger charge is -2.12. The molecule has 0 spiro atoms. The van der Waals surface area contributed by atoms with E-state index in [0.29, 0.717) is 12.6 Å². The zero-order valence-corrected chi connectivity index (χ0v) is 8.25. The predicted molar refractivity (Wildman–Crippen MR) is 55.8 cm³/mol. The second-order valence-corrected chi connectivity index (χ2v) is 3.17. The molecule has 0 aromatic carbocycles. The van der Waals surface area contributed by atoms with Crippen molar-refractivity contribution in [2.75, 3.05) is 11.9 Å². The minimum absolute atomic E-state index is 0.312. The minimum Gasteiger partial charge on any atom is -0.381 e. The predicted octanol–water partition coefficient (Wildman–Crippen LogP) is 1.40. The molecule has 3 N–H and O–H groups in total. The van der Waals surface area contributed by atoms with Crippen LogP contribution >= 0.6 is 0 Å². The molecule has 1 rings (SSSR count). The first-order valence-electron chi connectivity index (χ1n) is 4.67. The average Bonchev–Trinajstić information content (AvgIpc) is 2.18. The van der Waals surface area contributed by atoms with E-state index in [2.05, 4.69) is 30.2 Å². The van der Waals surface area contributed by atoms with Crippen LogP contribution in [0.15, 0.2) is 18.3 Å². The summed E-state index contributed by atoms with van der Waals surface area (Å²) in [6, 6.07) is 4.34. The fourth-order valence-corrected chi connectivity index (χ4v) is 1.10. The third-order valence-electron chi connectivity index (χ3n) is 1.95. The average molecular weight is 179 g/mol. The van der Waals surface area contributed by atoms with Crippen LogP contribution in [0.25, 0.3) is 0 Å². The van der Waals surface area contributed by atoms with Gasteiger partial charge >= 0.3 is 0 Å². The van der Waals surface area contributed by atoms with Gasteiger partial charge in [0.15, 0.2) is 0 Å². The van der Waals surface area contributed by atoms with Crippen molar-refractivity contribution in [3.8, 4) is 0 Å². The van der Waals surface area contributed by atoms with E-state index in [4.69, 9.17) is 5.73 Å². The maximum Gasteiger partial charge on any atom is 0.0421 e. The molecule has 0 bridgehead atoms. The summed E-state index contributed by atoms with van der Waals surface area (Å²) in [5.41, 5.74) is 7.72. The molecule has 13 heavy (non-hydrogen) atoms. The van der Waals surface area contributed by atoms with Crippen LogP contribution in [0.5, 0.6) is 0 Å². The minimum atomic E-state index is 0.312. The highest BCUT2D eigenvalue weighted by Gasteiger charge is 1.99. The van der Waals surface area contributed by atoms with E-state index in [9.17, 15) is 0 Å². The number of aryl methyl sites for hydroxylation is 1. The number of rotatable bonds is 4. The first kappa shape index (κ1) is 9.99. The van der Waals surface area contributed by atoms with Crippen LogP contribution < -0.4 is 11.1 Å². The third kappa shape index (κ3) is 3.03. The number of nitrogens with zero attached hydrogens (tertiary/aromatic N) is 1. The second kappa shape index (κ2) is 4.82. The van der Waals surface area contributed by atoms with Crippen LogP contribution in [0.1, 0.15) is 19.5 Å². The maximum absolute atomic E-state index is 5.51. The monoisotopic (exact) mass is 179 g/mol. The van der Waals surface area contributed by atoms with E-state index < -0.39 is 0 Å². The van der Waals surface area contributed by atoms with E-state index >= 15 is 0 Å². The Morgan fingerprint density at radius 2 is 2.38 bits per heavy atom. The van der Waals surface area contributed by atoms with Gasteiger partial charge in [0.1, 0.15) is 0 Å². The number of aromatic nitrogens is 1. The quantitative estimate of drug-likeness (QED) is 0.734. The normalized spacial score (nSPS) is 12.5. The molecule has 72 valence electrons. The number of pyridine rings is 1. The highest BCUT2D eigenvalue weighted by molar-refractivity contribution is 5.44. The lowest BCUT2D eigenvalue weighted by molar-refractivity contribution is 0.803. The zero-order valence-electron chi connectivity index (χ0n) is 8.25. The summed E-state index contributed by atoms with van der Waals surface area (Å²) in [6.07, 6.45) is 2.79. The van der Waals surface area contributed by atoms with Crippen molar-refractivity contribution >= 4 is 5.69 Å². The number of nitrogens with one attached hydrogen (secondary N) is 1. The molecule has 1 heterocycles. The van der Waals surface area contributed by atoms with Gasteiger partial charge in [0.2, 0.25) is 0 Å². The van der Waals surface area contributed by atoms with Gasteiger partial charge in [-0.15, -0.1) is 0 Å². The van der Waals surface area contributed by atoms with Crippen molar-refractivity contribution in [3.63, 3.8) is 0 Å². The van der Waals surface area contributed by atoms with Crippen LogP contribution in [0.4, 0.5) is 5.69 Å². The standard InChI is InChI=1S/C10H17N3/c1-3-9-6-10(4-5-12-9)13-8(2)7-11/h4-6,8H,3,7,11H2,1-2H3,(H,12,13). The van der Waals surface area contributed by atoms with Gasteiger partial charge < -0.3 is 11.1 Å². The summed E-state index contributed by atoms with van der Waals surface area (Å²) in [4.78, 5) is 4.22. The van der Waals surface area contributed by atoms with Crippen LogP contribution in [-0.2, 0) is 6.42 Å². The first-order valence-corrected chi connectivity index (χ1v) is 4.67. The van der Waals surface area contributed by atoms with Crippen molar-refractivity contribution in [2.24, 2.45) is 5.73 Å². The number of hydrogen-bond acceptors (Lipinski definition) is 3. The van der Waals surface area contributed by atoms with Gasteiger partial charge in [-0.1, -0.05) is 6.92 Å². The Balaban J connectivity index is 2.66. The Morgan fingerprint density at radius 1 is 1.62 bits per heavy atom. The third-order valence-corrected chi connectivity index (χ3v) is 1.95. The van der Waals surface area contributed by atoms with Crippen LogP contribution in [-0.4, -0.2) is 17.6 Å². The Kier molecular flexibility index (Phi) is 3.71. The van der Waals surface area contributed by atoms with Gasteiger partial charge in [0.25, 0.3) is 0 Å². The fraction of sp³-hybridized carbons (Fsp3) is 0.500. The van der Waals surface area contributed by atoms with E-state index in [1.807, 2.05) is 12.3 Å². The van der Waals surface area contributed by atoms with E-state index in [1.165, 1.54) is 0 Å². The SMILES string of the molecule is CCc1cc(NC(C)CN)ccn1. The molecule has 0 fully saturated rings. The summed E-state index contributed by atoms with van der Waals surface area (Å²) in [7, 11) is 0. The van der Waals surface area contributed by atoms with Crippen LogP contribution in [0.3, 0.4) is 0 Å². The molecular weight excluding hydrogens is 162 g/mol. The molecule has 0 aliphatic heterocycles. The molecule has 0 saturated carbocycles. The Labute approximate surface area is 79.4 Å². The highest BCUT2D eigenvalue weighted by Crippen LogP contribution is 2.09. The molecule has 0 amide bonds. The Hall–Kier alpha value is -1.09. The lowest BCUT2D eigenvalue weighted by Crippen LogP contribution is -2.25. The topological polar surface area (TPSA) is 50.9 Å². The van der Waals surface area contributed by atoms with Crippen molar-refractivity contribution in [3.05, 3.63) is 24.0 Å². The smallest absolute Gasteiger partial charge is 0.0421 e. The number of nitrogens with two attached hydrogens (primary N) is 1. The largest absolute Gasteiger partial charge is 0.381 e. The van der Waals surface area contributed by atoms with Crippen molar-refractivity contribution in [1.82, 2.24) is 4.98 Å². The van der Waals surface area contributed by atoms with Gasteiger partial charge in [-0.2, -0.15) is 0 Å². The molecular formula is C10H17N3. The summed E-state index contributed by atoms with van der Waals surface area (Å²) in [5.74, 6) is 0. The van der Waals surface area contributed by atoms with Gasteiger partial charge in [0.05, 0.1) is 0 Å². The number of anilines is 1. The lowest BCUT2D eigenvalue weighted by atomic mass is 10.2. The summed E-state index contributed by atoms with van der Waals surface area (Å²) in [6.45, 7) is 4.80. The molecule has 1 atom stereocenters. The van der Waals surface area contributed by atoms with Gasteiger partial charge in [-0.05, 0) is 25.5 Å². The fourth-order valence-electron chi connectivity index (χ4n) is 1.10. The Bertz CT molecular complexity index is 260. The van der Waals surface area contributed by atoms with Crippen molar-refractivity contribution in [1.29, 1.82) is 0 Å². The Morgan fingerprint density at radius 3 is 3.00 bits per heavy atom. The van der Waals surface area contributed by atoms with Crippen LogP contribution in [0.2, 0.25) is 0 Å². The van der Waals surface area contributed by atoms with Gasteiger partial charge in [-0.25, -0.2) is 0 Å². The molecule has 3 heteroatoms. The molecule has 0 radical (unpaired) electrons. The number of hydrogen-bond donors (Lipinski definition) is 2. The van der Waals surface area contributed by atoms with E-state index in [-0.39, 0.29) is 0 Å². The van der Waals surface area contributed by atoms with Gasteiger partial charge in [-0.3, -0.25) is 4.98 Å². The molecule has 3 nitrogen and oxygen atoms in total. The first-order chi connectivity index (χ1) is 6.26. The summed E-state index contributed by atoms with van der Waals surface area (Å²) < 4.78 is 0. The molecule has 1 aromatic rings. The maximum atomic E-state index is 5.51. The summed E-state index contributed by atoms with van der Waals surface area (Å²) in [5, 5.41) is 3.30. The van der Waals surface area contributed by atoms with Crippen LogP contribution in [0, 0.1) is 0 Å². The van der Waals surface area contributed by atoms with E-state index in [0.717, 1.165) is 17.8 Å². The van der Waals surface area contributed by atoms with Gasteiger partial charge in [0, 0.05) is 30.2 Å². The second-order valence-electron chi connectivity index (χ2n) is 3.17. The van der Waals surface area contributed by atoms with Crippen molar-refractivity contribution in [2.45, 2.75) is 26.3 Å².